The van der Waals surface area contributed by atoms with E-state index in [1.807, 2.05) is 24.3 Å². The first-order valence-electron chi connectivity index (χ1n) is 6.62. The number of aromatic nitrogens is 1. The van der Waals surface area contributed by atoms with Crippen LogP contribution in [-0.4, -0.2) is 16.8 Å². The van der Waals surface area contributed by atoms with Crippen LogP contribution in [0.4, 0.5) is 0 Å². The van der Waals surface area contributed by atoms with Crippen LogP contribution in [0.2, 0.25) is 0 Å². The number of para-hydroxylation sites is 1. The summed E-state index contributed by atoms with van der Waals surface area (Å²) in [5.74, 6) is 0.863. The predicted octanol–water partition coefficient (Wildman–Crippen LogP) is 3.19. The lowest BCUT2D eigenvalue weighted by molar-refractivity contribution is 0.283. The third-order valence-electron chi connectivity index (χ3n) is 3.55. The molecule has 2 aromatic carbocycles. The zero-order valence-electron chi connectivity index (χ0n) is 11.4. The standard InChI is InChI=1S/C17H17NO2/c1-20-16-7-5-13(6-8-16)11-18-10-9-14-3-2-4-15(12-19)17(14)18/h2-10,19H,11-12H2,1H3. The summed E-state index contributed by atoms with van der Waals surface area (Å²) in [6.07, 6.45) is 2.06. The topological polar surface area (TPSA) is 34.4 Å². The Morgan fingerprint density at radius 3 is 2.55 bits per heavy atom. The van der Waals surface area contributed by atoms with Gasteiger partial charge in [0.05, 0.1) is 19.2 Å². The van der Waals surface area contributed by atoms with Gasteiger partial charge in [0.15, 0.2) is 0 Å². The second-order valence-corrected chi connectivity index (χ2v) is 4.80. The summed E-state index contributed by atoms with van der Waals surface area (Å²) < 4.78 is 7.34. The van der Waals surface area contributed by atoms with Gasteiger partial charge in [-0.05, 0) is 29.1 Å². The molecule has 1 aromatic heterocycles. The minimum Gasteiger partial charge on any atom is -0.497 e. The number of ether oxygens (including phenoxy) is 1. The zero-order chi connectivity index (χ0) is 13.9. The zero-order valence-corrected chi connectivity index (χ0v) is 11.4. The van der Waals surface area contributed by atoms with Crippen LogP contribution in [0.3, 0.4) is 0 Å². The lowest BCUT2D eigenvalue weighted by Crippen LogP contribution is -2.00. The van der Waals surface area contributed by atoms with Gasteiger partial charge in [0.2, 0.25) is 0 Å². The molecule has 0 saturated carbocycles. The number of aliphatic hydroxyl groups excluding tert-OH is 1. The van der Waals surface area contributed by atoms with E-state index in [4.69, 9.17) is 4.74 Å². The summed E-state index contributed by atoms with van der Waals surface area (Å²) in [5, 5.41) is 10.6. The number of fused-ring (bicyclic) bond motifs is 1. The van der Waals surface area contributed by atoms with E-state index >= 15 is 0 Å². The number of methoxy groups -OCH3 is 1. The minimum absolute atomic E-state index is 0.0595. The minimum atomic E-state index is 0.0595. The highest BCUT2D eigenvalue weighted by Crippen LogP contribution is 2.22. The molecule has 0 aliphatic carbocycles. The van der Waals surface area contributed by atoms with Crippen LogP contribution in [0.15, 0.2) is 54.7 Å². The molecule has 3 rings (SSSR count). The van der Waals surface area contributed by atoms with Crippen molar-refractivity contribution in [2.75, 3.05) is 7.11 Å². The molecule has 3 nitrogen and oxygen atoms in total. The van der Waals surface area contributed by atoms with E-state index in [-0.39, 0.29) is 6.61 Å². The molecule has 0 aliphatic heterocycles. The van der Waals surface area contributed by atoms with E-state index in [1.165, 1.54) is 5.56 Å². The molecule has 0 spiro atoms. The Bertz CT molecular complexity index is 713. The van der Waals surface area contributed by atoms with Gasteiger partial charge < -0.3 is 14.4 Å². The molecule has 0 atom stereocenters. The van der Waals surface area contributed by atoms with E-state index in [2.05, 4.69) is 35.0 Å². The number of aliphatic hydroxyl groups is 1. The summed E-state index contributed by atoms with van der Waals surface area (Å²) in [6.45, 7) is 0.842. The van der Waals surface area contributed by atoms with E-state index < -0.39 is 0 Å². The molecule has 3 heteroatoms. The number of nitrogens with zero attached hydrogens (tertiary/aromatic N) is 1. The number of benzene rings is 2. The summed E-state index contributed by atoms with van der Waals surface area (Å²) in [4.78, 5) is 0. The van der Waals surface area contributed by atoms with Gasteiger partial charge in [-0.15, -0.1) is 0 Å². The Morgan fingerprint density at radius 1 is 1.05 bits per heavy atom. The van der Waals surface area contributed by atoms with Gasteiger partial charge in [0.25, 0.3) is 0 Å². The first kappa shape index (κ1) is 12.8. The molecule has 0 aliphatic rings. The summed E-state index contributed by atoms with van der Waals surface area (Å²) >= 11 is 0. The molecule has 0 radical (unpaired) electrons. The second kappa shape index (κ2) is 5.39. The Hall–Kier alpha value is -2.26. The lowest BCUT2D eigenvalue weighted by Gasteiger charge is -2.09. The maximum atomic E-state index is 9.48. The maximum absolute atomic E-state index is 9.48. The Balaban J connectivity index is 1.97. The Morgan fingerprint density at radius 2 is 1.85 bits per heavy atom. The smallest absolute Gasteiger partial charge is 0.118 e. The number of hydrogen-bond donors (Lipinski definition) is 1. The quantitative estimate of drug-likeness (QED) is 0.787. The van der Waals surface area contributed by atoms with Gasteiger partial charge in [-0.2, -0.15) is 0 Å². The van der Waals surface area contributed by atoms with Gasteiger partial charge in [0, 0.05) is 18.3 Å². The molecule has 1 heterocycles. The molecule has 1 N–H and O–H groups in total. The van der Waals surface area contributed by atoms with Crippen LogP contribution in [0.5, 0.6) is 5.75 Å². The van der Waals surface area contributed by atoms with Crippen LogP contribution in [-0.2, 0) is 13.2 Å². The van der Waals surface area contributed by atoms with Crippen molar-refractivity contribution >= 4 is 10.9 Å². The van der Waals surface area contributed by atoms with E-state index in [0.717, 1.165) is 28.8 Å². The normalized spacial score (nSPS) is 10.9. The van der Waals surface area contributed by atoms with Crippen molar-refractivity contribution in [2.24, 2.45) is 0 Å². The first-order chi connectivity index (χ1) is 9.81. The van der Waals surface area contributed by atoms with Gasteiger partial charge in [-0.25, -0.2) is 0 Å². The van der Waals surface area contributed by atoms with Gasteiger partial charge in [-0.3, -0.25) is 0 Å². The van der Waals surface area contributed by atoms with Crippen molar-refractivity contribution in [2.45, 2.75) is 13.2 Å². The lowest BCUT2D eigenvalue weighted by atomic mass is 10.1. The highest BCUT2D eigenvalue weighted by atomic mass is 16.5. The fourth-order valence-corrected chi connectivity index (χ4v) is 2.53. The van der Waals surface area contributed by atoms with Gasteiger partial charge in [-0.1, -0.05) is 30.3 Å². The first-order valence-corrected chi connectivity index (χ1v) is 6.62. The molecule has 0 bridgehead atoms. The Kier molecular flexibility index (Phi) is 3.44. The molecule has 0 unspecified atom stereocenters. The van der Waals surface area contributed by atoms with Gasteiger partial charge >= 0.3 is 0 Å². The van der Waals surface area contributed by atoms with Crippen molar-refractivity contribution in [3.8, 4) is 5.75 Å². The third kappa shape index (κ3) is 2.28. The molecule has 0 fully saturated rings. The van der Waals surface area contributed by atoms with Crippen molar-refractivity contribution in [1.29, 1.82) is 0 Å². The Labute approximate surface area is 118 Å². The maximum Gasteiger partial charge on any atom is 0.118 e. The van der Waals surface area contributed by atoms with Crippen LogP contribution >= 0.6 is 0 Å². The second-order valence-electron chi connectivity index (χ2n) is 4.80. The van der Waals surface area contributed by atoms with Crippen LogP contribution < -0.4 is 4.74 Å². The van der Waals surface area contributed by atoms with Crippen LogP contribution in [0.1, 0.15) is 11.1 Å². The average Bonchev–Trinajstić information content (AvgIpc) is 2.91. The van der Waals surface area contributed by atoms with Crippen molar-refractivity contribution in [1.82, 2.24) is 4.57 Å². The largest absolute Gasteiger partial charge is 0.497 e. The average molecular weight is 267 g/mol. The SMILES string of the molecule is COc1ccc(Cn2ccc3cccc(CO)c32)cc1. The third-order valence-corrected chi connectivity index (χ3v) is 3.55. The van der Waals surface area contributed by atoms with Crippen molar-refractivity contribution < 1.29 is 9.84 Å². The van der Waals surface area contributed by atoms with E-state index in [0.29, 0.717) is 0 Å². The summed E-state index contributed by atoms with van der Waals surface area (Å²) in [5.41, 5.74) is 3.27. The molecule has 102 valence electrons. The molecular weight excluding hydrogens is 250 g/mol. The van der Waals surface area contributed by atoms with Crippen molar-refractivity contribution in [3.63, 3.8) is 0 Å². The molecule has 3 aromatic rings. The summed E-state index contributed by atoms with van der Waals surface area (Å²) in [7, 11) is 1.67. The predicted molar refractivity (Wildman–Crippen MR) is 80.0 cm³/mol. The monoisotopic (exact) mass is 267 g/mol. The van der Waals surface area contributed by atoms with Crippen LogP contribution in [0, 0.1) is 0 Å². The molecule has 20 heavy (non-hydrogen) atoms. The fraction of sp³-hybridized carbons (Fsp3) is 0.176. The fourth-order valence-electron chi connectivity index (χ4n) is 2.53. The van der Waals surface area contributed by atoms with Crippen LogP contribution in [0.25, 0.3) is 10.9 Å². The highest BCUT2D eigenvalue weighted by Gasteiger charge is 2.06. The van der Waals surface area contributed by atoms with Gasteiger partial charge in [0.1, 0.15) is 5.75 Å². The van der Waals surface area contributed by atoms with Crippen molar-refractivity contribution in [3.05, 3.63) is 65.9 Å². The highest BCUT2D eigenvalue weighted by molar-refractivity contribution is 5.83. The number of hydrogen-bond acceptors (Lipinski definition) is 2. The number of rotatable bonds is 4. The molecular formula is C17H17NO2. The van der Waals surface area contributed by atoms with E-state index in [1.54, 1.807) is 7.11 Å². The van der Waals surface area contributed by atoms with E-state index in [9.17, 15) is 5.11 Å². The molecule has 0 amide bonds. The molecule has 0 saturated heterocycles. The summed E-state index contributed by atoms with van der Waals surface area (Å²) in [6, 6.07) is 16.1.